The van der Waals surface area contributed by atoms with Gasteiger partial charge in [-0.15, -0.1) is 5.10 Å². The number of halogens is 1. The average molecular weight is 479 g/mol. The van der Waals surface area contributed by atoms with Crippen LogP contribution in [-0.2, 0) is 30.9 Å². The fourth-order valence-electron chi connectivity index (χ4n) is 4.76. The number of nitrogens with one attached hydrogen (secondary N) is 2. The molecule has 2 N–H and O–H groups in total. The summed E-state index contributed by atoms with van der Waals surface area (Å²) in [5, 5.41) is 14.7. The van der Waals surface area contributed by atoms with Crippen LogP contribution in [0.5, 0.6) is 0 Å². The highest BCUT2D eigenvalue weighted by Gasteiger charge is 2.28. The molecule has 0 bridgehead atoms. The summed E-state index contributed by atoms with van der Waals surface area (Å²) in [7, 11) is 0. The maximum absolute atomic E-state index is 14.1. The van der Waals surface area contributed by atoms with Crippen molar-refractivity contribution in [2.45, 2.75) is 51.1 Å². The molecule has 0 radical (unpaired) electrons. The Morgan fingerprint density at radius 3 is 2.66 bits per heavy atom. The highest BCUT2D eigenvalue weighted by Crippen LogP contribution is 2.29. The van der Waals surface area contributed by atoms with E-state index in [9.17, 15) is 9.18 Å². The molecule has 3 aromatic rings. The lowest BCUT2D eigenvalue weighted by Gasteiger charge is -2.32. The van der Waals surface area contributed by atoms with Crippen molar-refractivity contribution in [3.8, 4) is 0 Å². The van der Waals surface area contributed by atoms with Gasteiger partial charge in [-0.3, -0.25) is 4.90 Å². The van der Waals surface area contributed by atoms with Crippen molar-refractivity contribution in [2.75, 3.05) is 19.6 Å². The molecule has 1 aromatic heterocycles. The van der Waals surface area contributed by atoms with E-state index in [0.717, 1.165) is 43.7 Å². The van der Waals surface area contributed by atoms with Crippen molar-refractivity contribution in [3.63, 3.8) is 0 Å². The zero-order valence-corrected chi connectivity index (χ0v) is 19.7. The van der Waals surface area contributed by atoms with Gasteiger partial charge in [0.1, 0.15) is 17.6 Å². The molecule has 3 heterocycles. The number of likely N-dealkylation sites (tertiary alicyclic amines) is 1. The molecule has 2 aromatic carbocycles. The predicted molar refractivity (Wildman–Crippen MR) is 129 cm³/mol. The van der Waals surface area contributed by atoms with Crippen LogP contribution >= 0.6 is 0 Å². The predicted octanol–water partition coefficient (Wildman–Crippen LogP) is 3.20. The number of benzene rings is 2. The summed E-state index contributed by atoms with van der Waals surface area (Å²) < 4.78 is 21.9. The Kier molecular flexibility index (Phi) is 7.34. The van der Waals surface area contributed by atoms with Gasteiger partial charge in [-0.25, -0.2) is 13.9 Å². The van der Waals surface area contributed by atoms with Crippen LogP contribution in [-0.4, -0.2) is 51.6 Å². The van der Waals surface area contributed by atoms with Gasteiger partial charge < -0.3 is 15.4 Å². The molecular formula is C26H31FN6O2. The number of hydrogen-bond acceptors (Lipinski definition) is 5. The molecule has 5 rings (SSSR count). The highest BCUT2D eigenvalue weighted by molar-refractivity contribution is 5.74. The quantitative estimate of drug-likeness (QED) is 0.545. The zero-order chi connectivity index (χ0) is 24.0. The number of rotatable bonds is 7. The second-order valence-corrected chi connectivity index (χ2v) is 9.17. The molecule has 0 aliphatic carbocycles. The first-order chi connectivity index (χ1) is 17.2. The van der Waals surface area contributed by atoms with Crippen molar-refractivity contribution in [1.82, 2.24) is 30.5 Å². The highest BCUT2D eigenvalue weighted by atomic mass is 19.1. The molecular weight excluding hydrogens is 447 g/mol. The van der Waals surface area contributed by atoms with E-state index in [1.54, 1.807) is 12.1 Å². The van der Waals surface area contributed by atoms with Crippen LogP contribution in [0.2, 0.25) is 0 Å². The van der Waals surface area contributed by atoms with Crippen LogP contribution in [0.3, 0.4) is 0 Å². The van der Waals surface area contributed by atoms with Gasteiger partial charge in [-0.05, 0) is 30.9 Å². The normalized spacial score (nSPS) is 18.7. The molecule has 184 valence electrons. The summed E-state index contributed by atoms with van der Waals surface area (Å²) in [5.74, 6) is -0.261. The summed E-state index contributed by atoms with van der Waals surface area (Å²) >= 11 is 0. The minimum atomic E-state index is -0.362. The molecule has 2 aliphatic rings. The van der Waals surface area contributed by atoms with Gasteiger partial charge in [0.15, 0.2) is 0 Å². The summed E-state index contributed by atoms with van der Waals surface area (Å²) in [6.07, 6.45) is 2.24. The molecule has 0 saturated carbocycles. The van der Waals surface area contributed by atoms with Gasteiger partial charge in [-0.1, -0.05) is 53.7 Å². The molecule has 1 saturated heterocycles. The van der Waals surface area contributed by atoms with Gasteiger partial charge in [-0.2, -0.15) is 0 Å². The number of nitrogens with zero attached hydrogens (tertiary/aromatic N) is 4. The van der Waals surface area contributed by atoms with E-state index in [-0.39, 0.29) is 24.0 Å². The number of amides is 2. The van der Waals surface area contributed by atoms with Crippen molar-refractivity contribution < 1.29 is 13.9 Å². The topological polar surface area (TPSA) is 84.3 Å². The molecule has 9 heteroatoms. The molecule has 35 heavy (non-hydrogen) atoms. The molecule has 0 spiro atoms. The Balaban J connectivity index is 1.06. The van der Waals surface area contributed by atoms with Crippen LogP contribution in [0.1, 0.15) is 41.5 Å². The van der Waals surface area contributed by atoms with E-state index >= 15 is 0 Å². The average Bonchev–Trinajstić information content (AvgIpc) is 3.28. The SMILES string of the molecule is O=C(NCCc1ccccc1)NC1CCN(Cc2nnn3c2COC(c2ccccc2F)C3)CC1. The van der Waals surface area contributed by atoms with E-state index in [2.05, 4.69) is 38.0 Å². The van der Waals surface area contributed by atoms with Crippen LogP contribution in [0, 0.1) is 5.82 Å². The summed E-state index contributed by atoms with van der Waals surface area (Å²) in [5.41, 5.74) is 3.62. The second-order valence-electron chi connectivity index (χ2n) is 9.17. The largest absolute Gasteiger partial charge is 0.365 e. The fourth-order valence-corrected chi connectivity index (χ4v) is 4.76. The molecule has 1 atom stereocenters. The van der Waals surface area contributed by atoms with Crippen LogP contribution in [0.4, 0.5) is 9.18 Å². The minimum absolute atomic E-state index is 0.103. The van der Waals surface area contributed by atoms with Crippen molar-refractivity contribution in [3.05, 3.63) is 82.9 Å². The van der Waals surface area contributed by atoms with Gasteiger partial charge in [0.25, 0.3) is 0 Å². The molecule has 8 nitrogen and oxygen atoms in total. The lowest BCUT2D eigenvalue weighted by Crippen LogP contribution is -2.48. The third kappa shape index (κ3) is 5.86. The first kappa shape index (κ1) is 23.4. The number of hydrogen-bond donors (Lipinski definition) is 2. The number of piperidine rings is 1. The van der Waals surface area contributed by atoms with E-state index in [0.29, 0.717) is 31.8 Å². The van der Waals surface area contributed by atoms with Crippen molar-refractivity contribution in [2.24, 2.45) is 0 Å². The van der Waals surface area contributed by atoms with Gasteiger partial charge in [0.2, 0.25) is 0 Å². The lowest BCUT2D eigenvalue weighted by molar-refractivity contribution is -0.00414. The van der Waals surface area contributed by atoms with E-state index < -0.39 is 0 Å². The zero-order valence-electron chi connectivity index (χ0n) is 19.7. The van der Waals surface area contributed by atoms with E-state index in [4.69, 9.17) is 4.74 Å². The number of aromatic nitrogens is 3. The number of carbonyl (C=O) groups is 1. The van der Waals surface area contributed by atoms with E-state index in [1.807, 2.05) is 28.9 Å². The van der Waals surface area contributed by atoms with Gasteiger partial charge in [0, 0.05) is 37.8 Å². The lowest BCUT2D eigenvalue weighted by atomic mass is 10.0. The monoisotopic (exact) mass is 478 g/mol. The smallest absolute Gasteiger partial charge is 0.315 e. The summed E-state index contributed by atoms with van der Waals surface area (Å²) in [6, 6.07) is 16.9. The minimum Gasteiger partial charge on any atom is -0.365 e. The third-order valence-corrected chi connectivity index (χ3v) is 6.77. The van der Waals surface area contributed by atoms with Gasteiger partial charge in [0.05, 0.1) is 18.8 Å². The summed E-state index contributed by atoms with van der Waals surface area (Å²) in [4.78, 5) is 14.6. The van der Waals surface area contributed by atoms with Crippen LogP contribution in [0.15, 0.2) is 54.6 Å². The van der Waals surface area contributed by atoms with Crippen molar-refractivity contribution >= 4 is 6.03 Å². The maximum Gasteiger partial charge on any atom is 0.315 e. The molecule has 2 aliphatic heterocycles. The van der Waals surface area contributed by atoms with Gasteiger partial charge >= 0.3 is 6.03 Å². The maximum atomic E-state index is 14.1. The van der Waals surface area contributed by atoms with E-state index in [1.165, 1.54) is 11.6 Å². The Labute approximate surface area is 204 Å². The number of carbonyl (C=O) groups excluding carboxylic acids is 1. The third-order valence-electron chi connectivity index (χ3n) is 6.77. The van der Waals surface area contributed by atoms with Crippen LogP contribution in [0.25, 0.3) is 0 Å². The molecule has 2 amide bonds. The standard InChI is InChI=1S/C26H31FN6O2/c27-22-9-5-4-8-21(22)25-17-33-24(18-35-25)23(30-31-33)16-32-14-11-20(12-15-32)29-26(34)28-13-10-19-6-2-1-3-7-19/h1-9,20,25H,10-18H2,(H2,28,29,34). The molecule has 1 unspecified atom stereocenters. The van der Waals surface area contributed by atoms with Crippen molar-refractivity contribution in [1.29, 1.82) is 0 Å². The first-order valence-electron chi connectivity index (χ1n) is 12.2. The number of ether oxygens (including phenoxy) is 1. The Hall–Kier alpha value is -3.30. The fraction of sp³-hybridized carbons (Fsp3) is 0.423. The molecule has 1 fully saturated rings. The Morgan fingerprint density at radius 2 is 1.86 bits per heavy atom. The first-order valence-corrected chi connectivity index (χ1v) is 12.2. The Bertz CT molecular complexity index is 1130. The number of urea groups is 1. The van der Waals surface area contributed by atoms with Crippen LogP contribution < -0.4 is 10.6 Å². The summed E-state index contributed by atoms with van der Waals surface area (Å²) in [6.45, 7) is 3.88. The Morgan fingerprint density at radius 1 is 1.09 bits per heavy atom. The number of fused-ring (bicyclic) bond motifs is 1. The second kappa shape index (κ2) is 11.0.